The van der Waals surface area contributed by atoms with Gasteiger partial charge < -0.3 is 29.6 Å². The van der Waals surface area contributed by atoms with Crippen molar-refractivity contribution in [1.29, 1.82) is 0 Å². The quantitative estimate of drug-likeness (QED) is 0.487. The molecule has 8 heteroatoms. The first-order chi connectivity index (χ1) is 17.8. The molecule has 3 aliphatic heterocycles. The van der Waals surface area contributed by atoms with Crippen molar-refractivity contribution in [1.82, 2.24) is 4.90 Å². The minimum absolute atomic E-state index is 0.0155. The number of amides is 2. The molecular formula is C30H44N2O6. The molecule has 1 aromatic rings. The van der Waals surface area contributed by atoms with Gasteiger partial charge in [0.1, 0.15) is 11.2 Å². The van der Waals surface area contributed by atoms with Crippen molar-refractivity contribution in [3.63, 3.8) is 0 Å². The Bertz CT molecular complexity index is 1060. The predicted molar refractivity (Wildman–Crippen MR) is 145 cm³/mol. The SMILES string of the molecule is CC(C)=CCC[C@]1(C)Oc2c(OCC(N)=O)cccc2[C@H]2OCC3(CCN(C(=O)OC(C)(C)C)CC3)C[C@@H]21. The lowest BCUT2D eigenvalue weighted by molar-refractivity contribution is -0.180. The molecule has 0 radical (unpaired) electrons. The summed E-state index contributed by atoms with van der Waals surface area (Å²) in [4.78, 5) is 25.9. The highest BCUT2D eigenvalue weighted by Gasteiger charge is 2.55. The molecule has 0 aromatic heterocycles. The Hall–Kier alpha value is -2.74. The molecule has 0 unspecified atom stereocenters. The molecular weight excluding hydrogens is 484 g/mol. The first-order valence-electron chi connectivity index (χ1n) is 13.8. The van der Waals surface area contributed by atoms with E-state index < -0.39 is 17.1 Å². The summed E-state index contributed by atoms with van der Waals surface area (Å²) in [6.07, 6.45) is 6.27. The lowest BCUT2D eigenvalue weighted by Crippen LogP contribution is -2.56. The van der Waals surface area contributed by atoms with Gasteiger partial charge in [-0.15, -0.1) is 0 Å². The van der Waals surface area contributed by atoms with Gasteiger partial charge in [0.25, 0.3) is 5.91 Å². The van der Waals surface area contributed by atoms with Crippen LogP contribution in [0.15, 0.2) is 29.8 Å². The second-order valence-electron chi connectivity index (χ2n) is 12.7. The summed E-state index contributed by atoms with van der Waals surface area (Å²) in [5, 5.41) is 0. The monoisotopic (exact) mass is 528 g/mol. The number of likely N-dealkylation sites (tertiary alicyclic amines) is 1. The molecule has 0 saturated carbocycles. The second-order valence-corrected chi connectivity index (χ2v) is 12.7. The van der Waals surface area contributed by atoms with Crippen LogP contribution in [-0.4, -0.2) is 54.4 Å². The number of allylic oxidation sites excluding steroid dienone is 2. The normalized spacial score (nSPS) is 26.0. The van der Waals surface area contributed by atoms with Crippen LogP contribution in [0.3, 0.4) is 0 Å². The summed E-state index contributed by atoms with van der Waals surface area (Å²) in [6.45, 7) is 13.8. The lowest BCUT2D eigenvalue weighted by atomic mass is 9.63. The average molecular weight is 529 g/mol. The van der Waals surface area contributed by atoms with Crippen molar-refractivity contribution in [2.24, 2.45) is 17.1 Å². The second kappa shape index (κ2) is 10.8. The highest BCUT2D eigenvalue weighted by molar-refractivity contribution is 5.75. The number of fused-ring (bicyclic) bond motifs is 3. The standard InChI is InChI=1S/C30H44N2O6/c1-20(2)9-8-12-29(6)22-17-30(13-15-32(16-14-30)27(34)38-28(3,4)5)19-36-25(22)21-10-7-11-23(26(21)37-29)35-18-24(31)33/h7,9-11,22,25H,8,12-19H2,1-6H3,(H2,31,33)/t22-,25+,29-/m0/s1. The largest absolute Gasteiger partial charge is 0.483 e. The van der Waals surface area contributed by atoms with Gasteiger partial charge in [0, 0.05) is 24.6 Å². The Morgan fingerprint density at radius 2 is 1.92 bits per heavy atom. The summed E-state index contributed by atoms with van der Waals surface area (Å²) < 4.78 is 24.9. The molecule has 210 valence electrons. The van der Waals surface area contributed by atoms with Gasteiger partial charge in [-0.1, -0.05) is 23.8 Å². The molecule has 3 atom stereocenters. The van der Waals surface area contributed by atoms with E-state index in [1.165, 1.54) is 5.57 Å². The molecule has 2 amide bonds. The molecule has 1 aromatic carbocycles. The van der Waals surface area contributed by atoms with Crippen LogP contribution in [0.2, 0.25) is 0 Å². The topological polar surface area (TPSA) is 100 Å². The number of rotatable bonds is 6. The zero-order chi connectivity index (χ0) is 27.7. The number of para-hydroxylation sites is 1. The van der Waals surface area contributed by atoms with E-state index in [1.54, 1.807) is 0 Å². The van der Waals surface area contributed by atoms with E-state index in [2.05, 4.69) is 26.8 Å². The summed E-state index contributed by atoms with van der Waals surface area (Å²) in [6, 6.07) is 5.76. The summed E-state index contributed by atoms with van der Waals surface area (Å²) >= 11 is 0. The smallest absolute Gasteiger partial charge is 0.410 e. The Morgan fingerprint density at radius 1 is 1.21 bits per heavy atom. The highest BCUT2D eigenvalue weighted by Crippen LogP contribution is 2.58. The maximum Gasteiger partial charge on any atom is 0.410 e. The van der Waals surface area contributed by atoms with Gasteiger partial charge in [0.15, 0.2) is 18.1 Å². The number of hydrogen-bond donors (Lipinski definition) is 1. The molecule has 1 spiro atoms. The molecule has 3 heterocycles. The molecule has 0 bridgehead atoms. The van der Waals surface area contributed by atoms with Gasteiger partial charge >= 0.3 is 6.09 Å². The van der Waals surface area contributed by atoms with E-state index >= 15 is 0 Å². The predicted octanol–water partition coefficient (Wildman–Crippen LogP) is 5.54. The van der Waals surface area contributed by atoms with E-state index in [4.69, 9.17) is 24.7 Å². The fourth-order valence-corrected chi connectivity index (χ4v) is 6.02. The zero-order valence-electron chi connectivity index (χ0n) is 23.8. The Kier molecular flexibility index (Phi) is 8.03. The van der Waals surface area contributed by atoms with Crippen LogP contribution in [0.4, 0.5) is 4.79 Å². The van der Waals surface area contributed by atoms with Crippen LogP contribution in [0.1, 0.15) is 85.3 Å². The summed E-state index contributed by atoms with van der Waals surface area (Å²) in [7, 11) is 0. The molecule has 0 aliphatic carbocycles. The number of ether oxygens (including phenoxy) is 4. The molecule has 4 rings (SSSR count). The van der Waals surface area contributed by atoms with Gasteiger partial charge in [-0.2, -0.15) is 0 Å². The Labute approximate surface area is 226 Å². The number of carbonyl (C=O) groups excluding carboxylic acids is 2. The summed E-state index contributed by atoms with van der Waals surface area (Å²) in [5.74, 6) is 0.762. The van der Waals surface area contributed by atoms with Gasteiger partial charge in [-0.05, 0) is 85.1 Å². The van der Waals surface area contributed by atoms with Crippen molar-refractivity contribution < 1.29 is 28.5 Å². The molecule has 2 saturated heterocycles. The van der Waals surface area contributed by atoms with Gasteiger partial charge in [0.2, 0.25) is 0 Å². The number of nitrogens with zero attached hydrogens (tertiary/aromatic N) is 1. The first-order valence-corrected chi connectivity index (χ1v) is 13.8. The summed E-state index contributed by atoms with van der Waals surface area (Å²) in [5.41, 5.74) is 6.55. The Balaban J connectivity index is 1.58. The molecule has 8 nitrogen and oxygen atoms in total. The van der Waals surface area contributed by atoms with Crippen LogP contribution in [-0.2, 0) is 14.3 Å². The van der Waals surface area contributed by atoms with Crippen LogP contribution in [0.5, 0.6) is 11.5 Å². The number of nitrogens with two attached hydrogens (primary N) is 1. The lowest BCUT2D eigenvalue weighted by Gasteiger charge is -2.55. The third kappa shape index (κ3) is 6.28. The average Bonchev–Trinajstić information content (AvgIpc) is 2.82. The number of benzene rings is 1. The third-order valence-corrected chi connectivity index (χ3v) is 8.06. The number of piperidine rings is 1. The van der Waals surface area contributed by atoms with Crippen LogP contribution >= 0.6 is 0 Å². The fourth-order valence-electron chi connectivity index (χ4n) is 6.02. The van der Waals surface area contributed by atoms with Crippen molar-refractivity contribution in [2.75, 3.05) is 26.3 Å². The Morgan fingerprint density at radius 3 is 2.55 bits per heavy atom. The molecule has 3 aliphatic rings. The van der Waals surface area contributed by atoms with Crippen LogP contribution < -0.4 is 15.2 Å². The van der Waals surface area contributed by atoms with E-state index in [0.29, 0.717) is 31.2 Å². The van der Waals surface area contributed by atoms with Gasteiger partial charge in [0.05, 0.1) is 12.7 Å². The molecule has 38 heavy (non-hydrogen) atoms. The van der Waals surface area contributed by atoms with Crippen molar-refractivity contribution in [3.8, 4) is 11.5 Å². The van der Waals surface area contributed by atoms with Crippen LogP contribution in [0.25, 0.3) is 0 Å². The van der Waals surface area contributed by atoms with E-state index in [0.717, 1.165) is 37.7 Å². The third-order valence-electron chi connectivity index (χ3n) is 8.06. The van der Waals surface area contributed by atoms with Gasteiger partial charge in [-0.3, -0.25) is 4.79 Å². The van der Waals surface area contributed by atoms with Crippen molar-refractivity contribution in [3.05, 3.63) is 35.4 Å². The van der Waals surface area contributed by atoms with Crippen molar-refractivity contribution in [2.45, 2.75) is 91.0 Å². The van der Waals surface area contributed by atoms with Crippen molar-refractivity contribution >= 4 is 12.0 Å². The fraction of sp³-hybridized carbons (Fsp3) is 0.667. The number of carbonyl (C=O) groups is 2. The number of primary amides is 1. The minimum atomic E-state index is -0.531. The zero-order valence-corrected chi connectivity index (χ0v) is 23.8. The number of hydrogen-bond acceptors (Lipinski definition) is 6. The van der Waals surface area contributed by atoms with Gasteiger partial charge in [-0.25, -0.2) is 4.79 Å². The first kappa shape index (κ1) is 28.3. The van der Waals surface area contributed by atoms with E-state index in [9.17, 15) is 9.59 Å². The van der Waals surface area contributed by atoms with Crippen LogP contribution in [0, 0.1) is 11.3 Å². The highest BCUT2D eigenvalue weighted by atomic mass is 16.6. The van der Waals surface area contributed by atoms with E-state index in [1.807, 2.05) is 43.9 Å². The molecule has 2 fully saturated rings. The maximum atomic E-state index is 12.7. The molecule has 2 N–H and O–H groups in total. The van der Waals surface area contributed by atoms with E-state index in [-0.39, 0.29) is 30.1 Å². The maximum absolute atomic E-state index is 12.7. The minimum Gasteiger partial charge on any atom is -0.483 e.